The highest BCUT2D eigenvalue weighted by Gasteiger charge is 2.14. The SMILES string of the molecule is COc1ccc(C(C)NC(=O)CCC(=O)c2cccs2)cc1Br. The van der Waals surface area contributed by atoms with Gasteiger partial charge in [0.15, 0.2) is 5.78 Å². The van der Waals surface area contributed by atoms with Crippen LogP contribution < -0.4 is 10.1 Å². The zero-order valence-electron chi connectivity index (χ0n) is 13.0. The van der Waals surface area contributed by atoms with Crippen molar-refractivity contribution in [3.63, 3.8) is 0 Å². The molecule has 122 valence electrons. The first-order chi connectivity index (χ1) is 11.0. The number of carbonyl (C=O) groups is 2. The molecule has 1 N–H and O–H groups in total. The number of halogens is 1. The van der Waals surface area contributed by atoms with E-state index in [0.29, 0.717) is 4.88 Å². The van der Waals surface area contributed by atoms with Crippen molar-refractivity contribution in [3.8, 4) is 5.75 Å². The van der Waals surface area contributed by atoms with Gasteiger partial charge >= 0.3 is 0 Å². The normalized spacial score (nSPS) is 11.8. The molecule has 0 aliphatic carbocycles. The van der Waals surface area contributed by atoms with E-state index in [1.54, 1.807) is 13.2 Å². The van der Waals surface area contributed by atoms with E-state index >= 15 is 0 Å². The van der Waals surface area contributed by atoms with Gasteiger partial charge in [-0.3, -0.25) is 9.59 Å². The molecule has 0 aliphatic rings. The number of rotatable bonds is 7. The summed E-state index contributed by atoms with van der Waals surface area (Å²) in [6.07, 6.45) is 0.420. The van der Waals surface area contributed by atoms with E-state index in [2.05, 4.69) is 21.2 Å². The van der Waals surface area contributed by atoms with E-state index in [4.69, 9.17) is 4.74 Å². The summed E-state index contributed by atoms with van der Waals surface area (Å²) >= 11 is 4.83. The van der Waals surface area contributed by atoms with Crippen molar-refractivity contribution >= 4 is 39.0 Å². The molecule has 2 rings (SSSR count). The third-order valence-electron chi connectivity index (χ3n) is 3.43. The molecule has 1 aromatic carbocycles. The highest BCUT2D eigenvalue weighted by atomic mass is 79.9. The summed E-state index contributed by atoms with van der Waals surface area (Å²) in [4.78, 5) is 24.6. The maximum Gasteiger partial charge on any atom is 0.220 e. The second-order valence-electron chi connectivity index (χ2n) is 5.08. The summed E-state index contributed by atoms with van der Waals surface area (Å²) in [5, 5.41) is 4.77. The van der Waals surface area contributed by atoms with Gasteiger partial charge in [0.25, 0.3) is 0 Å². The van der Waals surface area contributed by atoms with Crippen LogP contribution >= 0.6 is 27.3 Å². The maximum absolute atomic E-state index is 12.0. The van der Waals surface area contributed by atoms with Crippen molar-refractivity contribution in [1.29, 1.82) is 0 Å². The van der Waals surface area contributed by atoms with Crippen LogP contribution in [0.1, 0.15) is 41.0 Å². The van der Waals surface area contributed by atoms with E-state index in [1.165, 1.54) is 11.3 Å². The Morgan fingerprint density at radius 2 is 2.09 bits per heavy atom. The minimum Gasteiger partial charge on any atom is -0.496 e. The number of ketones is 1. The topological polar surface area (TPSA) is 55.4 Å². The third kappa shape index (κ3) is 4.91. The number of amides is 1. The molecule has 1 amide bonds. The quantitative estimate of drug-likeness (QED) is 0.708. The largest absolute Gasteiger partial charge is 0.496 e. The first-order valence-electron chi connectivity index (χ1n) is 7.20. The van der Waals surface area contributed by atoms with Crippen LogP contribution in [0.4, 0.5) is 0 Å². The van der Waals surface area contributed by atoms with Crippen molar-refractivity contribution in [2.75, 3.05) is 7.11 Å². The second-order valence-corrected chi connectivity index (χ2v) is 6.89. The minimum atomic E-state index is -0.137. The van der Waals surface area contributed by atoms with Crippen molar-refractivity contribution < 1.29 is 14.3 Å². The average Bonchev–Trinajstić information content (AvgIpc) is 3.07. The summed E-state index contributed by atoms with van der Waals surface area (Å²) < 4.78 is 6.03. The molecule has 0 aliphatic heterocycles. The number of Topliss-reactive ketones (excluding diaryl/α,β-unsaturated/α-hetero) is 1. The number of benzene rings is 1. The van der Waals surface area contributed by atoms with Gasteiger partial charge in [-0.2, -0.15) is 0 Å². The van der Waals surface area contributed by atoms with Gasteiger partial charge in [-0.25, -0.2) is 0 Å². The molecule has 1 unspecified atom stereocenters. The fraction of sp³-hybridized carbons (Fsp3) is 0.294. The first-order valence-corrected chi connectivity index (χ1v) is 8.88. The molecule has 0 saturated carbocycles. The maximum atomic E-state index is 12.0. The van der Waals surface area contributed by atoms with Gasteiger partial charge in [-0.1, -0.05) is 12.1 Å². The standard InChI is InChI=1S/C17H18BrNO3S/c1-11(12-5-7-15(22-2)13(18)10-12)19-17(21)8-6-14(20)16-4-3-9-23-16/h3-5,7,9-11H,6,8H2,1-2H3,(H,19,21). The molecule has 23 heavy (non-hydrogen) atoms. The van der Waals surface area contributed by atoms with Crippen molar-refractivity contribution in [2.45, 2.75) is 25.8 Å². The molecule has 0 saturated heterocycles. The Hall–Kier alpha value is -1.66. The van der Waals surface area contributed by atoms with E-state index < -0.39 is 0 Å². The van der Waals surface area contributed by atoms with Gasteiger partial charge in [0.1, 0.15) is 5.75 Å². The lowest BCUT2D eigenvalue weighted by Gasteiger charge is -2.15. The minimum absolute atomic E-state index is 0.00925. The van der Waals surface area contributed by atoms with Gasteiger partial charge in [-0.05, 0) is 52.0 Å². The molecule has 1 heterocycles. The van der Waals surface area contributed by atoms with Gasteiger partial charge in [0.2, 0.25) is 5.91 Å². The summed E-state index contributed by atoms with van der Waals surface area (Å²) in [7, 11) is 1.61. The first kappa shape index (κ1) is 17.7. The van der Waals surface area contributed by atoms with Crippen LogP contribution in [0.5, 0.6) is 5.75 Å². The number of nitrogens with one attached hydrogen (secondary N) is 1. The highest BCUT2D eigenvalue weighted by molar-refractivity contribution is 9.10. The van der Waals surface area contributed by atoms with Gasteiger partial charge in [0, 0.05) is 12.8 Å². The Morgan fingerprint density at radius 3 is 2.70 bits per heavy atom. The number of carbonyl (C=O) groups excluding carboxylic acids is 2. The monoisotopic (exact) mass is 395 g/mol. The molecule has 0 fully saturated rings. The Kier molecular flexibility index (Phi) is 6.36. The molecule has 0 spiro atoms. The summed E-state index contributed by atoms with van der Waals surface area (Å²) in [6.45, 7) is 1.91. The van der Waals surface area contributed by atoms with E-state index in [1.807, 2.05) is 36.6 Å². The number of hydrogen-bond donors (Lipinski definition) is 1. The van der Waals surface area contributed by atoms with Gasteiger partial charge in [-0.15, -0.1) is 11.3 Å². The van der Waals surface area contributed by atoms with E-state index in [-0.39, 0.29) is 30.6 Å². The van der Waals surface area contributed by atoms with Gasteiger partial charge < -0.3 is 10.1 Å². The number of hydrogen-bond acceptors (Lipinski definition) is 4. The van der Waals surface area contributed by atoms with Crippen LogP contribution in [0.3, 0.4) is 0 Å². The molecule has 1 aromatic heterocycles. The van der Waals surface area contributed by atoms with Crippen LogP contribution in [0.15, 0.2) is 40.2 Å². The lowest BCUT2D eigenvalue weighted by atomic mass is 10.1. The number of ether oxygens (including phenoxy) is 1. The summed E-state index contributed by atoms with van der Waals surface area (Å²) in [5.74, 6) is 0.623. The molecule has 1 atom stereocenters. The van der Waals surface area contributed by atoms with E-state index in [9.17, 15) is 9.59 Å². The molecular formula is C17H18BrNO3S. The summed E-state index contributed by atoms with van der Waals surface area (Å²) in [5.41, 5.74) is 0.968. The molecule has 6 heteroatoms. The molecule has 0 radical (unpaired) electrons. The average molecular weight is 396 g/mol. The highest BCUT2D eigenvalue weighted by Crippen LogP contribution is 2.28. The Balaban J connectivity index is 1.87. The zero-order valence-corrected chi connectivity index (χ0v) is 15.4. The zero-order chi connectivity index (χ0) is 16.8. The Morgan fingerprint density at radius 1 is 1.30 bits per heavy atom. The lowest BCUT2D eigenvalue weighted by Crippen LogP contribution is -2.26. The van der Waals surface area contributed by atoms with Crippen LogP contribution in [0.25, 0.3) is 0 Å². The molecule has 0 bridgehead atoms. The fourth-order valence-corrected chi connectivity index (χ4v) is 3.39. The van der Waals surface area contributed by atoms with Crippen molar-refractivity contribution in [3.05, 3.63) is 50.6 Å². The van der Waals surface area contributed by atoms with E-state index in [0.717, 1.165) is 15.8 Å². The Labute approximate surface area is 148 Å². The molecular weight excluding hydrogens is 378 g/mol. The second kappa shape index (κ2) is 8.26. The van der Waals surface area contributed by atoms with Gasteiger partial charge in [0.05, 0.1) is 22.5 Å². The number of methoxy groups -OCH3 is 1. The van der Waals surface area contributed by atoms with Crippen LogP contribution in [-0.4, -0.2) is 18.8 Å². The fourth-order valence-electron chi connectivity index (χ4n) is 2.14. The van der Waals surface area contributed by atoms with Crippen LogP contribution in [0, 0.1) is 0 Å². The van der Waals surface area contributed by atoms with Crippen LogP contribution in [-0.2, 0) is 4.79 Å². The van der Waals surface area contributed by atoms with Crippen molar-refractivity contribution in [2.24, 2.45) is 0 Å². The van der Waals surface area contributed by atoms with Crippen molar-refractivity contribution in [1.82, 2.24) is 5.32 Å². The third-order valence-corrected chi connectivity index (χ3v) is 4.96. The Bertz CT molecular complexity index is 685. The number of thiophene rings is 1. The molecule has 2 aromatic rings. The summed E-state index contributed by atoms with van der Waals surface area (Å²) in [6, 6.07) is 9.15. The lowest BCUT2D eigenvalue weighted by molar-refractivity contribution is -0.121. The molecule has 4 nitrogen and oxygen atoms in total. The van der Waals surface area contributed by atoms with Crippen LogP contribution in [0.2, 0.25) is 0 Å². The predicted octanol–water partition coefficient (Wildman–Crippen LogP) is 4.36. The smallest absolute Gasteiger partial charge is 0.220 e. The predicted molar refractivity (Wildman–Crippen MR) is 95.1 cm³/mol.